The van der Waals surface area contributed by atoms with Crippen LogP contribution in [0, 0.1) is 0 Å². The van der Waals surface area contributed by atoms with Gasteiger partial charge < -0.3 is 9.88 Å². The van der Waals surface area contributed by atoms with Gasteiger partial charge in [-0.2, -0.15) is 11.8 Å². The van der Waals surface area contributed by atoms with Crippen LogP contribution in [0.25, 0.3) is 11.0 Å². The number of carbonyl (C=O) groups excluding carboxylic acids is 1. The van der Waals surface area contributed by atoms with Crippen molar-refractivity contribution in [3.63, 3.8) is 0 Å². The number of nitrogens with zero attached hydrogens (tertiary/aromatic N) is 2. The van der Waals surface area contributed by atoms with E-state index in [0.717, 1.165) is 22.6 Å². The third kappa shape index (κ3) is 4.10. The number of hydrogen-bond donors (Lipinski definition) is 1. The van der Waals surface area contributed by atoms with Gasteiger partial charge in [-0.25, -0.2) is 4.98 Å². The van der Waals surface area contributed by atoms with Crippen molar-refractivity contribution >= 4 is 28.7 Å². The number of hydrogen-bond acceptors (Lipinski definition) is 3. The third-order valence-electron chi connectivity index (χ3n) is 4.59. The predicted molar refractivity (Wildman–Crippen MR) is 109 cm³/mol. The molecule has 0 aliphatic carbocycles. The van der Waals surface area contributed by atoms with Crippen molar-refractivity contribution in [2.45, 2.75) is 31.6 Å². The fourth-order valence-electron chi connectivity index (χ4n) is 3.05. The number of imidazole rings is 1. The highest BCUT2D eigenvalue weighted by Gasteiger charge is 2.21. The average Bonchev–Trinajstić information content (AvgIpc) is 2.99. The second kappa shape index (κ2) is 7.96. The molecule has 4 nitrogen and oxygen atoms in total. The lowest BCUT2D eigenvalue weighted by molar-refractivity contribution is -0.121. The average molecular weight is 368 g/mol. The zero-order valence-corrected chi connectivity index (χ0v) is 16.3. The molecule has 0 saturated heterocycles. The number of para-hydroxylation sites is 2. The molecular formula is C21H25N3OS. The van der Waals surface area contributed by atoms with Gasteiger partial charge in [0.25, 0.3) is 0 Å². The van der Waals surface area contributed by atoms with Crippen LogP contribution in [0.15, 0.2) is 54.6 Å². The highest BCUT2D eigenvalue weighted by molar-refractivity contribution is 7.97. The quantitative estimate of drug-likeness (QED) is 0.687. The molecule has 136 valence electrons. The molecule has 1 N–H and O–H groups in total. The molecule has 0 aliphatic rings. The standard InChI is InChI=1S/C21H25N3OS/c1-21(2,16-9-5-4-6-10-16)15-22-20(25)13-24-18-12-8-7-11-17(18)23-19(24)14-26-3/h4-12H,13-15H2,1-3H3,(H,22,25). The Morgan fingerprint density at radius 1 is 1.12 bits per heavy atom. The third-order valence-corrected chi connectivity index (χ3v) is 5.14. The molecule has 1 amide bonds. The van der Waals surface area contributed by atoms with E-state index < -0.39 is 0 Å². The number of nitrogens with one attached hydrogen (secondary N) is 1. The Labute approximate surface area is 159 Å². The van der Waals surface area contributed by atoms with E-state index in [2.05, 4.69) is 36.3 Å². The minimum absolute atomic E-state index is 0.0134. The molecule has 5 heteroatoms. The first-order chi connectivity index (χ1) is 12.5. The second-order valence-corrected chi connectivity index (χ2v) is 7.93. The van der Waals surface area contributed by atoms with Crippen LogP contribution in [0.2, 0.25) is 0 Å². The zero-order valence-electron chi connectivity index (χ0n) is 15.5. The molecule has 0 fully saturated rings. The minimum atomic E-state index is -0.115. The van der Waals surface area contributed by atoms with Crippen molar-refractivity contribution in [1.82, 2.24) is 14.9 Å². The van der Waals surface area contributed by atoms with E-state index in [1.807, 2.05) is 53.3 Å². The lowest BCUT2D eigenvalue weighted by atomic mass is 9.84. The van der Waals surface area contributed by atoms with E-state index >= 15 is 0 Å². The number of rotatable bonds is 7. The van der Waals surface area contributed by atoms with Crippen LogP contribution in [0.1, 0.15) is 25.2 Å². The minimum Gasteiger partial charge on any atom is -0.354 e. The number of amides is 1. The Bertz CT molecular complexity index is 887. The van der Waals surface area contributed by atoms with Crippen molar-refractivity contribution in [3.8, 4) is 0 Å². The summed E-state index contributed by atoms with van der Waals surface area (Å²) in [5, 5.41) is 3.10. The number of benzene rings is 2. The Kier molecular flexibility index (Phi) is 5.67. The van der Waals surface area contributed by atoms with Crippen molar-refractivity contribution in [2.75, 3.05) is 12.8 Å². The maximum absolute atomic E-state index is 12.6. The van der Waals surface area contributed by atoms with Gasteiger partial charge in [0.1, 0.15) is 12.4 Å². The molecule has 3 aromatic rings. The smallest absolute Gasteiger partial charge is 0.240 e. The van der Waals surface area contributed by atoms with Crippen LogP contribution in [0.5, 0.6) is 0 Å². The highest BCUT2D eigenvalue weighted by Crippen LogP contribution is 2.22. The highest BCUT2D eigenvalue weighted by atomic mass is 32.2. The summed E-state index contributed by atoms with van der Waals surface area (Å²) in [5.41, 5.74) is 3.05. The largest absolute Gasteiger partial charge is 0.354 e. The summed E-state index contributed by atoms with van der Waals surface area (Å²) in [7, 11) is 0. The second-order valence-electron chi connectivity index (χ2n) is 7.06. The van der Waals surface area contributed by atoms with Gasteiger partial charge in [-0.3, -0.25) is 4.79 Å². The Morgan fingerprint density at radius 2 is 1.81 bits per heavy atom. The van der Waals surface area contributed by atoms with Crippen LogP contribution < -0.4 is 5.32 Å². The lowest BCUT2D eigenvalue weighted by Gasteiger charge is -2.25. The van der Waals surface area contributed by atoms with Crippen molar-refractivity contribution in [1.29, 1.82) is 0 Å². The normalized spacial score (nSPS) is 11.7. The summed E-state index contributed by atoms with van der Waals surface area (Å²) in [4.78, 5) is 17.3. The zero-order chi connectivity index (χ0) is 18.6. The molecule has 0 bridgehead atoms. The van der Waals surface area contributed by atoms with E-state index in [0.29, 0.717) is 13.1 Å². The summed E-state index contributed by atoms with van der Waals surface area (Å²) >= 11 is 1.71. The molecule has 26 heavy (non-hydrogen) atoms. The predicted octanol–water partition coefficient (Wildman–Crippen LogP) is 3.99. The molecule has 0 atom stereocenters. The van der Waals surface area contributed by atoms with E-state index in [-0.39, 0.29) is 11.3 Å². The Hall–Kier alpha value is -2.27. The number of thioether (sulfide) groups is 1. The van der Waals surface area contributed by atoms with E-state index in [4.69, 9.17) is 0 Å². The van der Waals surface area contributed by atoms with Gasteiger partial charge in [0.15, 0.2) is 0 Å². The molecule has 0 spiro atoms. The number of fused-ring (bicyclic) bond motifs is 1. The summed E-state index contributed by atoms with van der Waals surface area (Å²) in [6, 6.07) is 18.3. The first-order valence-electron chi connectivity index (χ1n) is 8.76. The van der Waals surface area contributed by atoms with Gasteiger partial charge in [-0.15, -0.1) is 0 Å². The molecule has 1 heterocycles. The van der Waals surface area contributed by atoms with E-state index in [1.165, 1.54) is 5.56 Å². The Morgan fingerprint density at radius 3 is 2.54 bits per heavy atom. The summed E-state index contributed by atoms with van der Waals surface area (Å²) in [6.07, 6.45) is 2.05. The fourth-order valence-corrected chi connectivity index (χ4v) is 3.53. The van der Waals surface area contributed by atoms with Gasteiger partial charge in [0, 0.05) is 12.0 Å². The number of carbonyl (C=O) groups is 1. The molecule has 1 aromatic heterocycles. The molecular weight excluding hydrogens is 342 g/mol. The van der Waals surface area contributed by atoms with Crippen molar-refractivity contribution in [2.24, 2.45) is 0 Å². The van der Waals surface area contributed by atoms with Crippen LogP contribution in [-0.4, -0.2) is 28.3 Å². The van der Waals surface area contributed by atoms with Gasteiger partial charge in [0.2, 0.25) is 5.91 Å². The monoisotopic (exact) mass is 367 g/mol. The summed E-state index contributed by atoms with van der Waals surface area (Å²) in [5.74, 6) is 1.74. The lowest BCUT2D eigenvalue weighted by Crippen LogP contribution is -2.38. The van der Waals surface area contributed by atoms with Crippen molar-refractivity contribution < 1.29 is 4.79 Å². The molecule has 2 aromatic carbocycles. The van der Waals surface area contributed by atoms with Crippen LogP contribution >= 0.6 is 11.8 Å². The SMILES string of the molecule is CSCc1nc2ccccc2n1CC(=O)NCC(C)(C)c1ccccc1. The van der Waals surface area contributed by atoms with Gasteiger partial charge in [-0.05, 0) is 24.0 Å². The molecule has 3 rings (SSSR count). The van der Waals surface area contributed by atoms with Crippen LogP contribution in [0.3, 0.4) is 0 Å². The maximum atomic E-state index is 12.6. The van der Waals surface area contributed by atoms with Crippen molar-refractivity contribution in [3.05, 3.63) is 66.0 Å². The first kappa shape index (κ1) is 18.5. The number of aromatic nitrogens is 2. The Balaban J connectivity index is 1.72. The van der Waals surface area contributed by atoms with Crippen LogP contribution in [-0.2, 0) is 22.5 Å². The van der Waals surface area contributed by atoms with Gasteiger partial charge in [0.05, 0.1) is 16.8 Å². The van der Waals surface area contributed by atoms with E-state index in [1.54, 1.807) is 11.8 Å². The molecule has 0 radical (unpaired) electrons. The topological polar surface area (TPSA) is 46.9 Å². The fraction of sp³-hybridized carbons (Fsp3) is 0.333. The molecule has 0 unspecified atom stereocenters. The van der Waals surface area contributed by atoms with Gasteiger partial charge >= 0.3 is 0 Å². The molecule has 0 saturated carbocycles. The maximum Gasteiger partial charge on any atom is 0.240 e. The summed E-state index contributed by atoms with van der Waals surface area (Å²) in [6.45, 7) is 5.18. The van der Waals surface area contributed by atoms with Gasteiger partial charge in [-0.1, -0.05) is 56.3 Å². The summed E-state index contributed by atoms with van der Waals surface area (Å²) < 4.78 is 2.02. The molecule has 0 aliphatic heterocycles. The van der Waals surface area contributed by atoms with Crippen LogP contribution in [0.4, 0.5) is 0 Å². The first-order valence-corrected chi connectivity index (χ1v) is 10.2. The van der Waals surface area contributed by atoms with E-state index in [9.17, 15) is 4.79 Å².